The average molecular weight is 647 g/mol. The Balaban J connectivity index is 2.72. The minimum Gasteiger partial charge on any atom is -0.481 e. The first kappa shape index (κ1) is 37.6. The largest absolute Gasteiger partial charge is 0.481 e. The highest BCUT2D eigenvalue weighted by atomic mass is 32.2. The number of nitrogen functional groups attached to an aromatic ring is 1. The maximum atomic E-state index is 13.6. The molecule has 0 aliphatic rings. The number of allylic oxidation sites excluding steroid dienone is 4. The highest BCUT2D eigenvalue weighted by molar-refractivity contribution is 8.05. The van der Waals surface area contributed by atoms with Crippen LogP contribution in [0.2, 0.25) is 0 Å². The molecule has 0 spiro atoms. The molecule has 0 aromatic carbocycles. The van der Waals surface area contributed by atoms with Crippen molar-refractivity contribution in [2.45, 2.75) is 105 Å². The lowest BCUT2D eigenvalue weighted by Gasteiger charge is -2.32. The fraction of sp³-hybridized carbons (Fsp3) is 0.471. The molecule has 11 heteroatoms. The predicted octanol–water partition coefficient (Wildman–Crippen LogP) is 8.89. The molecule has 0 unspecified atom stereocenters. The quantitative estimate of drug-likeness (QED) is 0.165. The van der Waals surface area contributed by atoms with Crippen molar-refractivity contribution in [2.24, 2.45) is 0 Å². The van der Waals surface area contributed by atoms with Crippen molar-refractivity contribution >= 4 is 35.4 Å². The number of carbonyl (C=O) groups is 2. The van der Waals surface area contributed by atoms with Gasteiger partial charge in [0, 0.05) is 59.6 Å². The van der Waals surface area contributed by atoms with Gasteiger partial charge in [0.2, 0.25) is 0 Å². The number of hydrogen-bond acceptors (Lipinski definition) is 6. The molecule has 0 amide bonds. The Labute approximate surface area is 268 Å². The molecular formula is C34H45F3N4O3S. The Morgan fingerprint density at radius 2 is 1.78 bits per heavy atom. The summed E-state index contributed by atoms with van der Waals surface area (Å²) >= 11 is 1.27. The molecular weight excluding hydrogens is 601 g/mol. The standard InChI is InChI=1S/C34H45F3N4O3S/c1-9-13-15-25-22(6)41(19-14-18-34(35,36)37)26(11-3)29(25)32-39-21(5)30(31(38)40-32)33(8,27(42)12-4)23(7)45-20-24(10-2)16-17-28(43)44/h9,13,15,20H,1,7,10-12,14,16-19H2,2-6,8H3,(H,43,44)(H2,38,39,40)/b15-13-,24-20+/t33-/m1/s1. The van der Waals surface area contributed by atoms with Crippen LogP contribution in [0.15, 0.2) is 41.2 Å². The van der Waals surface area contributed by atoms with Crippen LogP contribution >= 0.6 is 11.8 Å². The van der Waals surface area contributed by atoms with E-state index in [1.54, 1.807) is 32.9 Å². The third-order valence-electron chi connectivity index (χ3n) is 8.01. The summed E-state index contributed by atoms with van der Waals surface area (Å²) in [5.41, 5.74) is 10.3. The van der Waals surface area contributed by atoms with Gasteiger partial charge in [-0.2, -0.15) is 13.2 Å². The van der Waals surface area contributed by atoms with Gasteiger partial charge in [-0.15, -0.1) is 11.8 Å². The second-order valence-electron chi connectivity index (χ2n) is 11.0. The van der Waals surface area contributed by atoms with Gasteiger partial charge in [-0.05, 0) is 56.8 Å². The van der Waals surface area contributed by atoms with E-state index in [4.69, 9.17) is 20.8 Å². The summed E-state index contributed by atoms with van der Waals surface area (Å²) in [6, 6.07) is 0. The second kappa shape index (κ2) is 16.1. The van der Waals surface area contributed by atoms with Crippen molar-refractivity contribution in [3.63, 3.8) is 0 Å². The van der Waals surface area contributed by atoms with Gasteiger partial charge < -0.3 is 15.4 Å². The van der Waals surface area contributed by atoms with Gasteiger partial charge in [0.05, 0.1) is 5.41 Å². The minimum atomic E-state index is -4.25. The van der Waals surface area contributed by atoms with Gasteiger partial charge in [0.25, 0.3) is 0 Å². The number of aryl methyl sites for hydroxylation is 1. The minimum absolute atomic E-state index is 0.00643. The maximum Gasteiger partial charge on any atom is 0.389 e. The summed E-state index contributed by atoms with van der Waals surface area (Å²) < 4.78 is 40.8. The van der Waals surface area contributed by atoms with Gasteiger partial charge in [-0.3, -0.25) is 9.59 Å². The van der Waals surface area contributed by atoms with Crippen molar-refractivity contribution in [3.05, 3.63) is 69.4 Å². The Kier molecular flexibility index (Phi) is 13.5. The van der Waals surface area contributed by atoms with E-state index in [1.807, 2.05) is 36.8 Å². The lowest BCUT2D eigenvalue weighted by Crippen LogP contribution is -2.35. The maximum absolute atomic E-state index is 13.6. The zero-order valence-corrected chi connectivity index (χ0v) is 27.9. The number of nitrogens with two attached hydrogens (primary N) is 1. The Morgan fingerprint density at radius 1 is 1.11 bits per heavy atom. The Bertz CT molecular complexity index is 1470. The monoisotopic (exact) mass is 646 g/mol. The predicted molar refractivity (Wildman–Crippen MR) is 178 cm³/mol. The summed E-state index contributed by atoms with van der Waals surface area (Å²) in [5.74, 6) is -0.583. The number of nitrogens with zero attached hydrogens (tertiary/aromatic N) is 3. The first-order chi connectivity index (χ1) is 21.1. The van der Waals surface area contributed by atoms with Gasteiger partial charge >= 0.3 is 12.1 Å². The summed E-state index contributed by atoms with van der Waals surface area (Å²) in [4.78, 5) is 34.7. The van der Waals surface area contributed by atoms with Crippen LogP contribution in [0.1, 0.15) is 94.4 Å². The molecule has 0 saturated heterocycles. The van der Waals surface area contributed by atoms with E-state index in [-0.39, 0.29) is 37.4 Å². The number of carbonyl (C=O) groups excluding carboxylic acids is 1. The van der Waals surface area contributed by atoms with Crippen LogP contribution in [0.4, 0.5) is 19.0 Å². The fourth-order valence-electron chi connectivity index (χ4n) is 5.52. The number of ketones is 1. The number of Topliss-reactive ketones (excluding diaryl/α,β-unsaturated/α-hetero) is 1. The second-order valence-corrected chi connectivity index (χ2v) is 12.0. The smallest absolute Gasteiger partial charge is 0.389 e. The number of carboxylic acid groups (broad SMARTS) is 1. The lowest BCUT2D eigenvalue weighted by molar-refractivity contribution is -0.137. The molecule has 7 nitrogen and oxygen atoms in total. The van der Waals surface area contributed by atoms with E-state index in [1.165, 1.54) is 11.8 Å². The zero-order chi connectivity index (χ0) is 34.1. The van der Waals surface area contributed by atoms with Crippen LogP contribution < -0.4 is 5.73 Å². The van der Waals surface area contributed by atoms with E-state index in [0.717, 1.165) is 22.5 Å². The molecule has 246 valence electrons. The fourth-order valence-corrected chi connectivity index (χ4v) is 6.56. The number of aliphatic carboxylic acids is 1. The molecule has 2 aromatic heterocycles. The van der Waals surface area contributed by atoms with Crippen molar-refractivity contribution in [1.82, 2.24) is 14.5 Å². The number of rotatable bonds is 17. The van der Waals surface area contributed by atoms with Gasteiger partial charge in [0.1, 0.15) is 11.6 Å². The normalized spacial score (nSPS) is 13.7. The average Bonchev–Trinajstić information content (AvgIpc) is 3.24. The highest BCUT2D eigenvalue weighted by Gasteiger charge is 2.41. The molecule has 0 radical (unpaired) electrons. The van der Waals surface area contributed by atoms with Crippen LogP contribution in [-0.4, -0.2) is 37.6 Å². The number of anilines is 1. The first-order valence-corrected chi connectivity index (χ1v) is 16.0. The van der Waals surface area contributed by atoms with Crippen molar-refractivity contribution in [2.75, 3.05) is 5.73 Å². The molecule has 2 rings (SSSR count). The van der Waals surface area contributed by atoms with Gasteiger partial charge in [-0.1, -0.05) is 57.7 Å². The van der Waals surface area contributed by atoms with Crippen LogP contribution in [0.3, 0.4) is 0 Å². The lowest BCUT2D eigenvalue weighted by atomic mass is 9.76. The number of hydrogen-bond donors (Lipinski definition) is 2. The van der Waals surface area contributed by atoms with Crippen LogP contribution in [0.5, 0.6) is 0 Å². The molecule has 3 N–H and O–H groups in total. The molecule has 45 heavy (non-hydrogen) atoms. The van der Waals surface area contributed by atoms with Gasteiger partial charge in [0.15, 0.2) is 5.82 Å². The van der Waals surface area contributed by atoms with E-state index >= 15 is 0 Å². The Morgan fingerprint density at radius 3 is 2.29 bits per heavy atom. The topological polar surface area (TPSA) is 111 Å². The Hall–Kier alpha value is -3.60. The SMILES string of the molecule is C=C/C=C\c1c(-c2nc(C)c([C@](C)(C(=C)S/C=C(\CC)CCC(=O)O)C(=O)CC)c(N)n2)c(CC)n(CCCC(F)(F)F)c1C. The van der Waals surface area contributed by atoms with E-state index in [2.05, 4.69) is 13.2 Å². The zero-order valence-electron chi connectivity index (χ0n) is 27.1. The number of carboxylic acids is 1. The van der Waals surface area contributed by atoms with E-state index in [0.29, 0.717) is 46.8 Å². The number of aromatic nitrogens is 3. The van der Waals surface area contributed by atoms with E-state index < -0.39 is 24.0 Å². The third kappa shape index (κ3) is 8.99. The van der Waals surface area contributed by atoms with Crippen molar-refractivity contribution in [1.29, 1.82) is 0 Å². The summed E-state index contributed by atoms with van der Waals surface area (Å²) in [6.45, 7) is 19.2. The van der Waals surface area contributed by atoms with Crippen molar-refractivity contribution < 1.29 is 27.9 Å². The number of halogens is 3. The van der Waals surface area contributed by atoms with Gasteiger partial charge in [-0.25, -0.2) is 9.97 Å². The molecule has 0 saturated carbocycles. The summed E-state index contributed by atoms with van der Waals surface area (Å²) in [6.07, 6.45) is 1.77. The number of thioether (sulfide) groups is 1. The van der Waals surface area contributed by atoms with Crippen molar-refractivity contribution in [3.8, 4) is 11.4 Å². The molecule has 2 aromatic rings. The number of alkyl halides is 3. The van der Waals surface area contributed by atoms with Crippen LogP contribution in [0.25, 0.3) is 17.5 Å². The molecule has 0 fully saturated rings. The molecule has 0 aliphatic carbocycles. The molecule has 0 aliphatic heterocycles. The highest BCUT2D eigenvalue weighted by Crippen LogP contribution is 2.44. The third-order valence-corrected chi connectivity index (χ3v) is 9.16. The molecule has 1 atom stereocenters. The van der Waals surface area contributed by atoms with Crippen LogP contribution in [-0.2, 0) is 28.0 Å². The first-order valence-electron chi connectivity index (χ1n) is 15.1. The molecule has 0 bridgehead atoms. The van der Waals surface area contributed by atoms with Crippen LogP contribution in [0, 0.1) is 13.8 Å². The van der Waals surface area contributed by atoms with E-state index in [9.17, 15) is 22.8 Å². The summed E-state index contributed by atoms with van der Waals surface area (Å²) in [7, 11) is 0. The summed E-state index contributed by atoms with van der Waals surface area (Å²) in [5, 5.41) is 10.9. The molecule has 2 heterocycles.